The first-order valence-corrected chi connectivity index (χ1v) is 13.7. The zero-order valence-corrected chi connectivity index (χ0v) is 23.6. The van der Waals surface area contributed by atoms with Gasteiger partial charge in [0.05, 0.1) is 33.3 Å². The van der Waals surface area contributed by atoms with Crippen molar-refractivity contribution in [3.63, 3.8) is 0 Å². The maximum atomic E-state index is 13.3. The van der Waals surface area contributed by atoms with Gasteiger partial charge >= 0.3 is 5.97 Å². The van der Waals surface area contributed by atoms with Crippen LogP contribution in [0.1, 0.15) is 47.3 Å². The van der Waals surface area contributed by atoms with E-state index < -0.39 is 0 Å². The smallest absolute Gasteiger partial charge is 0.310 e. The molecule has 0 saturated carbocycles. The van der Waals surface area contributed by atoms with Gasteiger partial charge in [-0.1, -0.05) is 18.2 Å². The van der Waals surface area contributed by atoms with Gasteiger partial charge in [-0.2, -0.15) is 0 Å². The summed E-state index contributed by atoms with van der Waals surface area (Å²) in [5, 5.41) is 0. The van der Waals surface area contributed by atoms with E-state index in [1.165, 1.54) is 6.26 Å². The van der Waals surface area contributed by atoms with Gasteiger partial charge in [0.1, 0.15) is 6.26 Å². The van der Waals surface area contributed by atoms with Crippen LogP contribution in [0.4, 0.5) is 0 Å². The molecule has 3 heterocycles. The first-order valence-electron chi connectivity index (χ1n) is 13.7. The van der Waals surface area contributed by atoms with Crippen LogP contribution in [0.25, 0.3) is 0 Å². The van der Waals surface area contributed by atoms with E-state index in [1.807, 2.05) is 36.4 Å². The quantitative estimate of drug-likeness (QED) is 0.316. The van der Waals surface area contributed by atoms with Gasteiger partial charge in [0, 0.05) is 31.7 Å². The molecule has 1 saturated heterocycles. The average molecular weight is 566 g/mol. The SMILES string of the molecule is CCOC(=O)C1CCCN(C(=O)c2coc(CN(Cc3ccc4c(c3)OCO4)Cc3cccc(OC)c3OC)n2)C1. The molecule has 2 aromatic carbocycles. The van der Waals surface area contributed by atoms with Crippen molar-refractivity contribution in [2.24, 2.45) is 5.92 Å². The second-order valence-electron chi connectivity index (χ2n) is 9.95. The second-order valence-corrected chi connectivity index (χ2v) is 9.95. The van der Waals surface area contributed by atoms with Gasteiger partial charge in [-0.25, -0.2) is 4.98 Å². The van der Waals surface area contributed by atoms with Gasteiger partial charge in [-0.15, -0.1) is 0 Å². The highest BCUT2D eigenvalue weighted by Gasteiger charge is 2.31. The van der Waals surface area contributed by atoms with Crippen LogP contribution in [-0.4, -0.2) is 67.4 Å². The molecule has 2 aliphatic heterocycles. The number of oxazole rings is 1. The molecule has 11 nitrogen and oxygen atoms in total. The van der Waals surface area contributed by atoms with Crippen molar-refractivity contribution in [1.29, 1.82) is 0 Å². The van der Waals surface area contributed by atoms with Gasteiger partial charge in [0.15, 0.2) is 28.7 Å². The van der Waals surface area contributed by atoms with E-state index in [-0.39, 0.29) is 30.3 Å². The molecule has 3 aromatic rings. The first-order chi connectivity index (χ1) is 20.0. The van der Waals surface area contributed by atoms with Crippen molar-refractivity contribution in [2.45, 2.75) is 39.4 Å². The van der Waals surface area contributed by atoms with Gasteiger partial charge in [0.25, 0.3) is 5.91 Å². The number of para-hydroxylation sites is 1. The Hall–Kier alpha value is -4.25. The van der Waals surface area contributed by atoms with Crippen molar-refractivity contribution in [2.75, 3.05) is 40.7 Å². The zero-order valence-electron chi connectivity index (χ0n) is 23.6. The van der Waals surface area contributed by atoms with Crippen molar-refractivity contribution in [3.05, 3.63) is 65.4 Å². The second kappa shape index (κ2) is 12.9. The lowest BCUT2D eigenvalue weighted by atomic mass is 9.98. The highest BCUT2D eigenvalue weighted by Crippen LogP contribution is 2.35. The molecule has 5 rings (SSSR count). The van der Waals surface area contributed by atoms with Crippen LogP contribution in [0, 0.1) is 5.92 Å². The predicted octanol–water partition coefficient (Wildman–Crippen LogP) is 4.04. The summed E-state index contributed by atoms with van der Waals surface area (Å²) in [5.41, 5.74) is 2.15. The van der Waals surface area contributed by atoms with Crippen molar-refractivity contribution in [1.82, 2.24) is 14.8 Å². The average Bonchev–Trinajstić information content (AvgIpc) is 3.66. The standard InChI is InChI=1S/C30H35N3O8/c1-4-38-30(35)22-8-6-12-33(16-22)29(34)23-18-39-27(31-23)17-32(14-20-10-11-24-26(13-20)41-19-40-24)15-21-7-5-9-25(36-2)28(21)37-3/h5,7,9-11,13,18,22H,4,6,8,12,14-17,19H2,1-3H3. The molecule has 218 valence electrons. The summed E-state index contributed by atoms with van der Waals surface area (Å²) in [5.74, 6) is 2.25. The van der Waals surface area contributed by atoms with Crippen LogP contribution in [0.15, 0.2) is 47.1 Å². The number of hydrogen-bond acceptors (Lipinski definition) is 10. The predicted molar refractivity (Wildman–Crippen MR) is 147 cm³/mol. The lowest BCUT2D eigenvalue weighted by Gasteiger charge is -2.30. The first kappa shape index (κ1) is 28.3. The maximum absolute atomic E-state index is 13.3. The topological polar surface area (TPSA) is 113 Å². The minimum Gasteiger partial charge on any atom is -0.493 e. The Kier molecular flexibility index (Phi) is 8.93. The Balaban J connectivity index is 1.34. The van der Waals surface area contributed by atoms with Gasteiger partial charge in [-0.3, -0.25) is 14.5 Å². The molecule has 1 atom stereocenters. The fourth-order valence-corrected chi connectivity index (χ4v) is 5.23. The van der Waals surface area contributed by atoms with Gasteiger partial charge in [-0.05, 0) is 43.5 Å². The number of fused-ring (bicyclic) bond motifs is 1. The summed E-state index contributed by atoms with van der Waals surface area (Å²) in [7, 11) is 3.22. The molecule has 11 heteroatoms. The van der Waals surface area contributed by atoms with Crippen LogP contribution < -0.4 is 18.9 Å². The lowest BCUT2D eigenvalue weighted by molar-refractivity contribution is -0.149. The molecule has 2 aliphatic rings. The highest BCUT2D eigenvalue weighted by molar-refractivity contribution is 5.92. The third-order valence-corrected chi connectivity index (χ3v) is 7.18. The zero-order chi connectivity index (χ0) is 28.8. The van der Waals surface area contributed by atoms with E-state index in [4.69, 9.17) is 28.1 Å². The fourth-order valence-electron chi connectivity index (χ4n) is 5.23. The van der Waals surface area contributed by atoms with Crippen LogP contribution >= 0.6 is 0 Å². The number of carbonyl (C=O) groups is 2. The molecule has 0 radical (unpaired) electrons. The van der Waals surface area contributed by atoms with Crippen molar-refractivity contribution in [3.8, 4) is 23.0 Å². The number of nitrogens with zero attached hydrogens (tertiary/aromatic N) is 3. The molecule has 1 fully saturated rings. The summed E-state index contributed by atoms with van der Waals surface area (Å²) in [6, 6.07) is 11.6. The molecule has 0 aliphatic carbocycles. The number of benzene rings is 2. The number of esters is 1. The fraction of sp³-hybridized carbons (Fsp3) is 0.433. The Bertz CT molecular complexity index is 1370. The Morgan fingerprint density at radius 2 is 1.93 bits per heavy atom. The molecule has 1 aromatic heterocycles. The Morgan fingerprint density at radius 3 is 2.73 bits per heavy atom. The summed E-state index contributed by atoms with van der Waals surface area (Å²) < 4.78 is 33.1. The van der Waals surface area contributed by atoms with E-state index in [9.17, 15) is 9.59 Å². The van der Waals surface area contributed by atoms with Gasteiger partial charge in [0.2, 0.25) is 12.7 Å². The summed E-state index contributed by atoms with van der Waals surface area (Å²) in [4.78, 5) is 33.8. The maximum Gasteiger partial charge on any atom is 0.310 e. The molecule has 0 N–H and O–H groups in total. The number of ether oxygens (including phenoxy) is 5. The highest BCUT2D eigenvalue weighted by atomic mass is 16.7. The molecule has 1 unspecified atom stereocenters. The normalized spacial score (nSPS) is 16.1. The van der Waals surface area contributed by atoms with E-state index in [2.05, 4.69) is 9.88 Å². The van der Waals surface area contributed by atoms with Crippen LogP contribution in [0.3, 0.4) is 0 Å². The molecule has 1 amide bonds. The van der Waals surface area contributed by atoms with E-state index in [0.29, 0.717) is 74.6 Å². The van der Waals surface area contributed by atoms with Gasteiger partial charge < -0.3 is 33.0 Å². The number of piperidine rings is 1. The van der Waals surface area contributed by atoms with Crippen LogP contribution in [0.2, 0.25) is 0 Å². The Morgan fingerprint density at radius 1 is 1.07 bits per heavy atom. The number of methoxy groups -OCH3 is 2. The summed E-state index contributed by atoms with van der Waals surface area (Å²) in [6.07, 6.45) is 2.82. The Labute approximate surface area is 238 Å². The lowest BCUT2D eigenvalue weighted by Crippen LogP contribution is -2.43. The van der Waals surface area contributed by atoms with Crippen molar-refractivity contribution < 1.29 is 37.7 Å². The van der Waals surface area contributed by atoms with Crippen molar-refractivity contribution >= 4 is 11.9 Å². The molecule has 41 heavy (non-hydrogen) atoms. The number of carbonyl (C=O) groups excluding carboxylic acids is 2. The number of amides is 1. The minimum atomic E-state index is -0.325. The van der Waals surface area contributed by atoms with Crippen LogP contribution in [-0.2, 0) is 29.2 Å². The number of aromatic nitrogens is 1. The number of likely N-dealkylation sites (tertiary alicyclic amines) is 1. The molecule has 0 spiro atoms. The monoisotopic (exact) mass is 565 g/mol. The molecule has 0 bridgehead atoms. The molecular formula is C30H35N3O8. The minimum absolute atomic E-state index is 0.203. The summed E-state index contributed by atoms with van der Waals surface area (Å²) >= 11 is 0. The van der Waals surface area contributed by atoms with E-state index in [1.54, 1.807) is 26.0 Å². The molecular weight excluding hydrogens is 530 g/mol. The third kappa shape index (κ3) is 6.57. The number of hydrogen-bond donors (Lipinski definition) is 0. The number of rotatable bonds is 11. The third-order valence-electron chi connectivity index (χ3n) is 7.18. The van der Waals surface area contributed by atoms with E-state index >= 15 is 0 Å². The van der Waals surface area contributed by atoms with E-state index in [0.717, 1.165) is 17.5 Å². The summed E-state index contributed by atoms with van der Waals surface area (Å²) in [6.45, 7) is 4.53. The largest absolute Gasteiger partial charge is 0.493 e. The van der Waals surface area contributed by atoms with Crippen LogP contribution in [0.5, 0.6) is 23.0 Å².